The van der Waals surface area contributed by atoms with E-state index in [2.05, 4.69) is 0 Å². The van der Waals surface area contributed by atoms with Crippen molar-refractivity contribution in [2.24, 2.45) is 0 Å². The lowest BCUT2D eigenvalue weighted by Crippen LogP contribution is -2.22. The van der Waals surface area contributed by atoms with Gasteiger partial charge in [-0.3, -0.25) is 9.69 Å². The van der Waals surface area contributed by atoms with Crippen molar-refractivity contribution in [1.29, 1.82) is 0 Å². The fourth-order valence-electron chi connectivity index (χ4n) is 2.78. The number of nitrogens with zero attached hydrogens (tertiary/aromatic N) is 1. The van der Waals surface area contributed by atoms with E-state index in [0.717, 1.165) is 16.9 Å². The quantitative estimate of drug-likeness (QED) is 0.299. The largest absolute Gasteiger partial charge is 0.490 e. The predicted molar refractivity (Wildman–Crippen MR) is 126 cm³/mol. The zero-order valence-electron chi connectivity index (χ0n) is 16.9. The molecule has 0 unspecified atom stereocenters. The molecule has 0 aliphatic carbocycles. The van der Waals surface area contributed by atoms with Crippen LogP contribution in [0.2, 0.25) is 5.02 Å². The summed E-state index contributed by atoms with van der Waals surface area (Å²) in [5, 5.41) is 0.398. The van der Waals surface area contributed by atoms with Gasteiger partial charge in [-0.25, -0.2) is 0 Å². The van der Waals surface area contributed by atoms with Crippen molar-refractivity contribution >= 4 is 51.9 Å². The van der Waals surface area contributed by atoms with E-state index in [0.29, 0.717) is 45.6 Å². The third-order valence-electron chi connectivity index (χ3n) is 4.20. The van der Waals surface area contributed by atoms with E-state index in [4.69, 9.17) is 38.0 Å². The highest BCUT2D eigenvalue weighted by atomic mass is 35.5. The molecule has 1 amide bonds. The molecule has 30 heavy (non-hydrogen) atoms. The summed E-state index contributed by atoms with van der Waals surface area (Å²) in [4.78, 5) is 14.2. The Balaban J connectivity index is 1.72. The zero-order valence-corrected chi connectivity index (χ0v) is 19.3. The molecular weight excluding hydrogens is 442 g/mol. The number of halogens is 1. The highest BCUT2D eigenvalue weighted by molar-refractivity contribution is 8.26. The van der Waals surface area contributed by atoms with Crippen LogP contribution in [0.1, 0.15) is 18.1 Å². The maximum atomic E-state index is 12.2. The van der Waals surface area contributed by atoms with Gasteiger partial charge in [0.2, 0.25) is 0 Å². The van der Waals surface area contributed by atoms with Gasteiger partial charge >= 0.3 is 0 Å². The zero-order chi connectivity index (χ0) is 21.7. The number of carbonyl (C=O) groups is 1. The minimum absolute atomic E-state index is 0.132. The molecule has 0 N–H and O–H groups in total. The van der Waals surface area contributed by atoms with Gasteiger partial charge in [0.15, 0.2) is 11.5 Å². The molecule has 2 aromatic carbocycles. The van der Waals surface area contributed by atoms with Crippen LogP contribution in [0.25, 0.3) is 6.08 Å². The second-order valence-corrected chi connectivity index (χ2v) is 8.60. The lowest BCUT2D eigenvalue weighted by Gasteiger charge is -2.15. The summed E-state index contributed by atoms with van der Waals surface area (Å²) in [5.41, 5.74) is 1.87. The molecule has 0 spiro atoms. The van der Waals surface area contributed by atoms with Crippen LogP contribution >= 0.6 is 35.6 Å². The minimum atomic E-state index is -0.132. The maximum absolute atomic E-state index is 12.2. The van der Waals surface area contributed by atoms with Gasteiger partial charge in [-0.2, -0.15) is 0 Å². The van der Waals surface area contributed by atoms with Gasteiger partial charge in [-0.05, 0) is 55.3 Å². The molecule has 1 aliphatic heterocycles. The second kappa shape index (κ2) is 10.2. The molecule has 1 aliphatic rings. The van der Waals surface area contributed by atoms with Crippen LogP contribution in [-0.2, 0) is 4.79 Å². The lowest BCUT2D eigenvalue weighted by molar-refractivity contribution is -0.121. The molecule has 158 valence electrons. The lowest BCUT2D eigenvalue weighted by atomic mass is 10.1. The van der Waals surface area contributed by atoms with E-state index >= 15 is 0 Å². The Labute approximate surface area is 190 Å². The molecule has 0 aromatic heterocycles. The molecule has 3 rings (SSSR count). The highest BCUT2D eigenvalue weighted by Crippen LogP contribution is 2.39. The van der Waals surface area contributed by atoms with Crippen LogP contribution in [0.4, 0.5) is 0 Å². The Kier molecular flexibility index (Phi) is 7.64. The number of likely N-dealkylation sites (N-methyl/N-ethyl adjacent to an activating group) is 1. The Morgan fingerprint density at radius 1 is 1.17 bits per heavy atom. The smallest absolute Gasteiger partial charge is 0.265 e. The number of rotatable bonds is 8. The molecule has 2 aromatic rings. The van der Waals surface area contributed by atoms with Crippen molar-refractivity contribution in [2.75, 3.05) is 26.9 Å². The highest BCUT2D eigenvalue weighted by Gasteiger charge is 2.28. The average molecular weight is 464 g/mol. The predicted octanol–water partition coefficient (Wildman–Crippen LogP) is 5.34. The molecule has 8 heteroatoms. The molecule has 1 heterocycles. The second-order valence-electron chi connectivity index (χ2n) is 6.52. The average Bonchev–Trinajstić information content (AvgIpc) is 2.94. The Bertz CT molecular complexity index is 993. The number of carbonyl (C=O) groups excluding carboxylic acids is 1. The SMILES string of the molecule is CCOc1cc(/C=C2/SC(=S)N(C)C2=O)cc(Cl)c1OCCOc1cccc(C)c1. The van der Waals surface area contributed by atoms with E-state index in [1.165, 1.54) is 16.7 Å². The normalized spacial score (nSPS) is 15.1. The topological polar surface area (TPSA) is 48.0 Å². The standard InChI is InChI=1S/C22H22ClNO4S2/c1-4-26-18-12-15(13-19-21(25)24(3)22(29)30-19)11-17(23)20(18)28-9-8-27-16-7-5-6-14(2)10-16/h5-7,10-13H,4,8-9H2,1-3H3/b19-13+. The van der Waals surface area contributed by atoms with Crippen LogP contribution in [0.5, 0.6) is 17.2 Å². The molecular formula is C22H22ClNO4S2. The fraction of sp³-hybridized carbons (Fsp3) is 0.273. The van der Waals surface area contributed by atoms with Crippen LogP contribution in [0, 0.1) is 6.92 Å². The first-order valence-electron chi connectivity index (χ1n) is 9.39. The molecule has 0 radical (unpaired) electrons. The number of hydrogen-bond donors (Lipinski definition) is 0. The summed E-state index contributed by atoms with van der Waals surface area (Å²) in [6.45, 7) is 5.02. The van der Waals surface area contributed by atoms with Gasteiger partial charge in [0, 0.05) is 7.05 Å². The summed E-state index contributed by atoms with van der Waals surface area (Å²) in [7, 11) is 1.66. The summed E-state index contributed by atoms with van der Waals surface area (Å²) in [6.07, 6.45) is 1.75. The monoisotopic (exact) mass is 463 g/mol. The van der Waals surface area contributed by atoms with E-state index in [1.807, 2.05) is 38.1 Å². The number of thiocarbonyl (C=S) groups is 1. The minimum Gasteiger partial charge on any atom is -0.490 e. The molecule has 0 atom stereocenters. The number of ether oxygens (including phenoxy) is 3. The number of aryl methyl sites for hydroxylation is 1. The summed E-state index contributed by atoms with van der Waals surface area (Å²) in [5.74, 6) is 1.62. The van der Waals surface area contributed by atoms with Gasteiger partial charge < -0.3 is 14.2 Å². The van der Waals surface area contributed by atoms with Crippen molar-refractivity contribution in [3.05, 3.63) is 57.5 Å². The Morgan fingerprint density at radius 3 is 2.60 bits per heavy atom. The summed E-state index contributed by atoms with van der Waals surface area (Å²) in [6, 6.07) is 11.4. The fourth-order valence-corrected chi connectivity index (χ4v) is 4.23. The van der Waals surface area contributed by atoms with Gasteiger partial charge in [-0.1, -0.05) is 47.7 Å². The van der Waals surface area contributed by atoms with Gasteiger partial charge in [-0.15, -0.1) is 0 Å². The number of thioether (sulfide) groups is 1. The third-order valence-corrected chi connectivity index (χ3v) is 5.97. The van der Waals surface area contributed by atoms with Gasteiger partial charge in [0.25, 0.3) is 5.91 Å². The van der Waals surface area contributed by atoms with Crippen LogP contribution in [-0.4, -0.2) is 42.0 Å². The molecule has 5 nitrogen and oxygen atoms in total. The van der Waals surface area contributed by atoms with Crippen molar-refractivity contribution in [2.45, 2.75) is 13.8 Å². The van der Waals surface area contributed by atoms with Crippen LogP contribution < -0.4 is 14.2 Å². The summed E-state index contributed by atoms with van der Waals surface area (Å²) < 4.78 is 17.8. The number of amides is 1. The Hall–Kier alpha value is -2.22. The maximum Gasteiger partial charge on any atom is 0.265 e. The number of hydrogen-bond acceptors (Lipinski definition) is 6. The van der Waals surface area contributed by atoms with Crippen LogP contribution in [0.3, 0.4) is 0 Å². The van der Waals surface area contributed by atoms with Gasteiger partial charge in [0.05, 0.1) is 16.5 Å². The molecule has 1 saturated heterocycles. The Morgan fingerprint density at radius 2 is 1.93 bits per heavy atom. The summed E-state index contributed by atoms with van der Waals surface area (Å²) >= 11 is 12.9. The van der Waals surface area contributed by atoms with Crippen molar-refractivity contribution in [1.82, 2.24) is 4.90 Å². The first kappa shape index (κ1) is 22.5. The molecule has 1 fully saturated rings. The van der Waals surface area contributed by atoms with E-state index in [9.17, 15) is 4.79 Å². The van der Waals surface area contributed by atoms with E-state index in [-0.39, 0.29) is 5.91 Å². The van der Waals surface area contributed by atoms with E-state index in [1.54, 1.807) is 25.3 Å². The number of benzene rings is 2. The van der Waals surface area contributed by atoms with Crippen molar-refractivity contribution in [3.8, 4) is 17.2 Å². The van der Waals surface area contributed by atoms with Gasteiger partial charge in [0.1, 0.15) is 23.3 Å². The third kappa shape index (κ3) is 5.47. The van der Waals surface area contributed by atoms with Crippen LogP contribution in [0.15, 0.2) is 41.3 Å². The van der Waals surface area contributed by atoms with E-state index < -0.39 is 0 Å². The first-order valence-corrected chi connectivity index (χ1v) is 11.0. The first-order chi connectivity index (χ1) is 14.4. The van der Waals surface area contributed by atoms with Crippen molar-refractivity contribution in [3.63, 3.8) is 0 Å². The molecule has 0 bridgehead atoms. The van der Waals surface area contributed by atoms with Crippen molar-refractivity contribution < 1.29 is 19.0 Å². The molecule has 0 saturated carbocycles.